The number of nitrogens with one attached hydrogen (secondary N) is 1. The second kappa shape index (κ2) is 4.21. The minimum Gasteiger partial charge on any atom is -0.312 e. The van der Waals surface area contributed by atoms with Crippen LogP contribution in [-0.2, 0) is 6.54 Å². The zero-order valence-electron chi connectivity index (χ0n) is 10.1. The summed E-state index contributed by atoms with van der Waals surface area (Å²) >= 11 is 0. The largest absolute Gasteiger partial charge is 0.312 e. The molecule has 2 unspecified atom stereocenters. The van der Waals surface area contributed by atoms with E-state index in [4.69, 9.17) is 0 Å². The van der Waals surface area contributed by atoms with Crippen LogP contribution in [0.1, 0.15) is 43.2 Å². The summed E-state index contributed by atoms with van der Waals surface area (Å²) in [6, 6.07) is 8.95. The minimum absolute atomic E-state index is 0.873. The van der Waals surface area contributed by atoms with E-state index in [2.05, 4.69) is 36.5 Å². The lowest BCUT2D eigenvalue weighted by Crippen LogP contribution is -2.17. The molecule has 1 nitrogen and oxygen atoms in total. The first-order chi connectivity index (χ1) is 7.84. The Labute approximate surface area is 98.3 Å². The molecule has 0 amide bonds. The van der Waals surface area contributed by atoms with Gasteiger partial charge in [-0.25, -0.2) is 0 Å². The van der Waals surface area contributed by atoms with Crippen LogP contribution in [0.3, 0.4) is 0 Å². The third-order valence-corrected chi connectivity index (χ3v) is 4.07. The molecule has 2 aliphatic rings. The Balaban J connectivity index is 1.56. The van der Waals surface area contributed by atoms with E-state index in [0.29, 0.717) is 0 Å². The monoisotopic (exact) mass is 215 g/mol. The minimum atomic E-state index is 0.873. The maximum Gasteiger partial charge on any atom is 0.0208 e. The fourth-order valence-electron chi connectivity index (χ4n) is 2.56. The summed E-state index contributed by atoms with van der Waals surface area (Å²) < 4.78 is 0. The molecule has 2 saturated carbocycles. The van der Waals surface area contributed by atoms with Gasteiger partial charge in [0.1, 0.15) is 0 Å². The summed E-state index contributed by atoms with van der Waals surface area (Å²) in [5.41, 5.74) is 3.12. The summed E-state index contributed by atoms with van der Waals surface area (Å²) in [4.78, 5) is 0. The van der Waals surface area contributed by atoms with Crippen LogP contribution in [-0.4, -0.2) is 6.54 Å². The second-order valence-electron chi connectivity index (χ2n) is 5.58. The molecule has 0 heterocycles. The van der Waals surface area contributed by atoms with Crippen LogP contribution in [0.5, 0.6) is 0 Å². The van der Waals surface area contributed by atoms with Crippen LogP contribution >= 0.6 is 0 Å². The molecule has 0 spiro atoms. The van der Waals surface area contributed by atoms with Gasteiger partial charge in [0.15, 0.2) is 0 Å². The normalized spacial score (nSPS) is 28.1. The molecular weight excluding hydrogens is 194 g/mol. The number of hydrogen-bond donors (Lipinski definition) is 1. The molecule has 0 aromatic heterocycles. The Bertz CT molecular complexity index is 367. The Morgan fingerprint density at radius 2 is 2.00 bits per heavy atom. The summed E-state index contributed by atoms with van der Waals surface area (Å²) in [5, 5.41) is 3.62. The van der Waals surface area contributed by atoms with Crippen molar-refractivity contribution >= 4 is 0 Å². The van der Waals surface area contributed by atoms with Crippen LogP contribution < -0.4 is 5.32 Å². The van der Waals surface area contributed by atoms with Gasteiger partial charge in [-0.2, -0.15) is 0 Å². The standard InChI is InChI=1S/C15H21N/c1-11-8-14(11)10-16-9-13-4-2-3-5-15(13)12-6-7-12/h2-5,11-12,14,16H,6-10H2,1H3. The van der Waals surface area contributed by atoms with Crippen molar-refractivity contribution in [1.29, 1.82) is 0 Å². The van der Waals surface area contributed by atoms with E-state index in [1.807, 2.05) is 0 Å². The summed E-state index contributed by atoms with van der Waals surface area (Å²) in [5.74, 6) is 2.79. The van der Waals surface area contributed by atoms with Gasteiger partial charge in [-0.1, -0.05) is 31.2 Å². The predicted molar refractivity (Wildman–Crippen MR) is 67.4 cm³/mol. The molecular formula is C15H21N. The van der Waals surface area contributed by atoms with Gasteiger partial charge in [-0.05, 0) is 54.7 Å². The molecule has 1 aromatic rings. The number of benzene rings is 1. The SMILES string of the molecule is CC1CC1CNCc1ccccc1C1CC1. The first kappa shape index (κ1) is 10.3. The maximum absolute atomic E-state index is 3.62. The zero-order chi connectivity index (χ0) is 11.0. The lowest BCUT2D eigenvalue weighted by Gasteiger charge is -2.09. The van der Waals surface area contributed by atoms with E-state index >= 15 is 0 Å². The molecule has 16 heavy (non-hydrogen) atoms. The fraction of sp³-hybridized carbons (Fsp3) is 0.600. The summed E-state index contributed by atoms with van der Waals surface area (Å²) in [6.45, 7) is 4.63. The highest BCUT2D eigenvalue weighted by Gasteiger charge is 2.31. The highest BCUT2D eigenvalue weighted by molar-refractivity contribution is 5.33. The first-order valence-electron chi connectivity index (χ1n) is 6.63. The smallest absolute Gasteiger partial charge is 0.0208 e. The third kappa shape index (κ3) is 2.30. The molecule has 2 fully saturated rings. The van der Waals surface area contributed by atoms with Crippen molar-refractivity contribution in [2.45, 2.75) is 38.6 Å². The third-order valence-electron chi connectivity index (χ3n) is 4.07. The van der Waals surface area contributed by atoms with Crippen LogP contribution in [0.4, 0.5) is 0 Å². The molecule has 1 aromatic carbocycles. The molecule has 3 rings (SSSR count). The van der Waals surface area contributed by atoms with Gasteiger partial charge >= 0.3 is 0 Å². The van der Waals surface area contributed by atoms with Crippen molar-refractivity contribution in [3.8, 4) is 0 Å². The van der Waals surface area contributed by atoms with Crippen LogP contribution in [0, 0.1) is 11.8 Å². The lowest BCUT2D eigenvalue weighted by molar-refractivity contribution is 0.609. The Kier molecular flexibility index (Phi) is 2.72. The van der Waals surface area contributed by atoms with Crippen molar-refractivity contribution < 1.29 is 0 Å². The zero-order valence-corrected chi connectivity index (χ0v) is 10.1. The molecule has 0 radical (unpaired) electrons. The molecule has 86 valence electrons. The van der Waals surface area contributed by atoms with Crippen molar-refractivity contribution in [1.82, 2.24) is 5.32 Å². The van der Waals surface area contributed by atoms with Crippen molar-refractivity contribution in [2.75, 3.05) is 6.54 Å². The molecule has 1 heteroatoms. The Hall–Kier alpha value is -0.820. The van der Waals surface area contributed by atoms with E-state index in [-0.39, 0.29) is 0 Å². The average Bonchev–Trinajstić information content (AvgIpc) is 3.17. The quantitative estimate of drug-likeness (QED) is 0.794. The Morgan fingerprint density at radius 3 is 2.69 bits per heavy atom. The van der Waals surface area contributed by atoms with Crippen molar-refractivity contribution in [3.05, 3.63) is 35.4 Å². The molecule has 0 aliphatic heterocycles. The first-order valence-corrected chi connectivity index (χ1v) is 6.63. The van der Waals surface area contributed by atoms with E-state index in [1.165, 1.54) is 31.4 Å². The van der Waals surface area contributed by atoms with Gasteiger partial charge in [0.05, 0.1) is 0 Å². The number of rotatable bonds is 5. The molecule has 2 atom stereocenters. The van der Waals surface area contributed by atoms with Crippen LogP contribution in [0.2, 0.25) is 0 Å². The summed E-state index contributed by atoms with van der Waals surface area (Å²) in [6.07, 6.45) is 4.23. The van der Waals surface area contributed by atoms with E-state index < -0.39 is 0 Å². The van der Waals surface area contributed by atoms with Crippen molar-refractivity contribution in [3.63, 3.8) is 0 Å². The van der Waals surface area contributed by atoms with Crippen molar-refractivity contribution in [2.24, 2.45) is 11.8 Å². The Morgan fingerprint density at radius 1 is 1.25 bits per heavy atom. The number of hydrogen-bond acceptors (Lipinski definition) is 1. The lowest BCUT2D eigenvalue weighted by atomic mass is 10.0. The second-order valence-corrected chi connectivity index (χ2v) is 5.58. The molecule has 0 bridgehead atoms. The van der Waals surface area contributed by atoms with Crippen LogP contribution in [0.25, 0.3) is 0 Å². The topological polar surface area (TPSA) is 12.0 Å². The molecule has 1 N–H and O–H groups in total. The van der Waals surface area contributed by atoms with Gasteiger partial charge in [0, 0.05) is 6.54 Å². The van der Waals surface area contributed by atoms with Gasteiger partial charge in [-0.3, -0.25) is 0 Å². The van der Waals surface area contributed by atoms with E-state index in [0.717, 1.165) is 24.3 Å². The van der Waals surface area contributed by atoms with Gasteiger partial charge in [-0.15, -0.1) is 0 Å². The van der Waals surface area contributed by atoms with Gasteiger partial charge < -0.3 is 5.32 Å². The van der Waals surface area contributed by atoms with E-state index in [1.54, 1.807) is 5.56 Å². The van der Waals surface area contributed by atoms with Gasteiger partial charge in [0.25, 0.3) is 0 Å². The maximum atomic E-state index is 3.62. The highest BCUT2D eigenvalue weighted by Crippen LogP contribution is 2.41. The summed E-state index contributed by atoms with van der Waals surface area (Å²) in [7, 11) is 0. The average molecular weight is 215 g/mol. The molecule has 0 saturated heterocycles. The van der Waals surface area contributed by atoms with Gasteiger partial charge in [0.2, 0.25) is 0 Å². The fourth-order valence-corrected chi connectivity index (χ4v) is 2.56. The molecule has 2 aliphatic carbocycles. The van der Waals surface area contributed by atoms with Crippen LogP contribution in [0.15, 0.2) is 24.3 Å². The highest BCUT2D eigenvalue weighted by atomic mass is 14.9. The van der Waals surface area contributed by atoms with E-state index in [9.17, 15) is 0 Å². The predicted octanol–water partition coefficient (Wildman–Crippen LogP) is 3.31.